The summed E-state index contributed by atoms with van der Waals surface area (Å²) >= 11 is 3.25. The Morgan fingerprint density at radius 3 is 2.20 bits per heavy atom. The van der Waals surface area contributed by atoms with Gasteiger partial charge in [-0.05, 0) is 12.8 Å². The molecule has 0 radical (unpaired) electrons. The molecule has 0 aromatic rings. The Morgan fingerprint density at radius 2 is 1.80 bits per heavy atom. The van der Waals surface area contributed by atoms with Crippen molar-refractivity contribution in [3.8, 4) is 0 Å². The molecule has 0 heterocycles. The van der Waals surface area contributed by atoms with Crippen LogP contribution in [0.1, 0.15) is 19.3 Å². The highest BCUT2D eigenvalue weighted by atomic mass is 79.9. The molecule has 0 fully saturated rings. The molecule has 0 spiro atoms. The molecule has 0 unspecified atom stereocenters. The van der Waals surface area contributed by atoms with Crippen molar-refractivity contribution in [2.24, 2.45) is 5.14 Å². The second kappa shape index (κ2) is 5.09. The molecule has 0 aromatic heterocycles. The Labute approximate surface area is 70.2 Å². The van der Waals surface area contributed by atoms with Gasteiger partial charge in [0.1, 0.15) is 0 Å². The van der Waals surface area contributed by atoms with E-state index in [1.54, 1.807) is 0 Å². The van der Waals surface area contributed by atoms with Crippen LogP contribution in [-0.4, -0.2) is 19.5 Å². The van der Waals surface area contributed by atoms with E-state index in [1.807, 2.05) is 0 Å². The average Bonchev–Trinajstić information content (AvgIpc) is 1.78. The number of halogens is 1. The van der Waals surface area contributed by atoms with Gasteiger partial charge in [0.15, 0.2) is 0 Å². The number of sulfonamides is 1. The molecular weight excluding hydrogens is 218 g/mol. The van der Waals surface area contributed by atoms with E-state index in [9.17, 15) is 8.42 Å². The lowest BCUT2D eigenvalue weighted by Gasteiger charge is -1.95. The lowest BCUT2D eigenvalue weighted by Crippen LogP contribution is -2.16. The summed E-state index contributed by atoms with van der Waals surface area (Å²) in [4.78, 5) is 0. The van der Waals surface area contributed by atoms with Crippen LogP contribution in [0.5, 0.6) is 0 Å². The molecule has 0 aliphatic carbocycles. The first-order valence-corrected chi connectivity index (χ1v) is 5.96. The van der Waals surface area contributed by atoms with Gasteiger partial charge in [-0.15, -0.1) is 0 Å². The van der Waals surface area contributed by atoms with Crippen molar-refractivity contribution in [1.82, 2.24) is 0 Å². The third-order valence-corrected chi connectivity index (χ3v) is 2.48. The lowest BCUT2D eigenvalue weighted by molar-refractivity contribution is 0.593. The molecule has 0 saturated carbocycles. The molecule has 0 amide bonds. The first kappa shape index (κ1) is 10.4. The average molecular weight is 230 g/mol. The maximum absolute atomic E-state index is 10.4. The summed E-state index contributed by atoms with van der Waals surface area (Å²) in [5, 5.41) is 5.71. The number of hydrogen-bond acceptors (Lipinski definition) is 2. The summed E-state index contributed by atoms with van der Waals surface area (Å²) in [7, 11) is -3.22. The monoisotopic (exact) mass is 229 g/mol. The number of rotatable bonds is 5. The van der Waals surface area contributed by atoms with Crippen molar-refractivity contribution < 1.29 is 8.42 Å². The number of nitrogens with two attached hydrogens (primary N) is 1. The van der Waals surface area contributed by atoms with Gasteiger partial charge >= 0.3 is 0 Å². The van der Waals surface area contributed by atoms with Crippen LogP contribution < -0.4 is 5.14 Å². The molecule has 0 aliphatic heterocycles. The number of hydrogen-bond donors (Lipinski definition) is 1. The zero-order chi connectivity index (χ0) is 8.04. The molecule has 0 saturated heterocycles. The fourth-order valence-corrected chi connectivity index (χ4v) is 1.58. The van der Waals surface area contributed by atoms with Gasteiger partial charge in [-0.2, -0.15) is 0 Å². The standard InChI is InChI=1S/C5H12BrNO2S/c6-4-2-1-3-5-10(7,8)9/h1-5H2,(H2,7,8,9). The summed E-state index contributed by atoms with van der Waals surface area (Å²) in [5.41, 5.74) is 0. The third kappa shape index (κ3) is 8.39. The van der Waals surface area contributed by atoms with Crippen LogP contribution in [0.15, 0.2) is 0 Å². The van der Waals surface area contributed by atoms with E-state index in [0.717, 1.165) is 18.2 Å². The van der Waals surface area contributed by atoms with E-state index in [2.05, 4.69) is 15.9 Å². The minimum absolute atomic E-state index is 0.111. The molecule has 0 bridgehead atoms. The van der Waals surface area contributed by atoms with E-state index < -0.39 is 10.0 Å². The van der Waals surface area contributed by atoms with Gasteiger partial charge in [-0.25, -0.2) is 13.6 Å². The minimum atomic E-state index is -3.22. The zero-order valence-electron chi connectivity index (χ0n) is 5.72. The second-order valence-electron chi connectivity index (χ2n) is 2.12. The Morgan fingerprint density at radius 1 is 1.20 bits per heavy atom. The normalized spacial score (nSPS) is 11.8. The summed E-state index contributed by atoms with van der Waals surface area (Å²) < 4.78 is 20.7. The Bertz CT molecular complexity index is 166. The van der Waals surface area contributed by atoms with Gasteiger partial charge in [0.2, 0.25) is 10.0 Å². The van der Waals surface area contributed by atoms with Crippen molar-refractivity contribution in [3.63, 3.8) is 0 Å². The van der Waals surface area contributed by atoms with Gasteiger partial charge < -0.3 is 0 Å². The summed E-state index contributed by atoms with van der Waals surface area (Å²) in [6.45, 7) is 0. The van der Waals surface area contributed by atoms with Crippen LogP contribution in [0, 0.1) is 0 Å². The van der Waals surface area contributed by atoms with Crippen molar-refractivity contribution in [1.29, 1.82) is 0 Å². The highest BCUT2D eigenvalue weighted by Crippen LogP contribution is 1.99. The predicted octanol–water partition coefficient (Wildman–Crippen LogP) is 0.840. The van der Waals surface area contributed by atoms with E-state index >= 15 is 0 Å². The third-order valence-electron chi connectivity index (χ3n) is 1.06. The van der Waals surface area contributed by atoms with Crippen molar-refractivity contribution in [3.05, 3.63) is 0 Å². The zero-order valence-corrected chi connectivity index (χ0v) is 8.12. The van der Waals surface area contributed by atoms with Gasteiger partial charge in [-0.1, -0.05) is 22.4 Å². The van der Waals surface area contributed by atoms with Crippen LogP contribution >= 0.6 is 15.9 Å². The molecule has 0 rings (SSSR count). The Balaban J connectivity index is 3.21. The number of primary sulfonamides is 1. The molecule has 10 heavy (non-hydrogen) atoms. The topological polar surface area (TPSA) is 60.2 Å². The van der Waals surface area contributed by atoms with E-state index in [1.165, 1.54) is 0 Å². The summed E-state index contributed by atoms with van der Waals surface area (Å²) in [6.07, 6.45) is 2.60. The fraction of sp³-hybridized carbons (Fsp3) is 1.00. The SMILES string of the molecule is NS(=O)(=O)CCCCCBr. The number of alkyl halides is 1. The maximum Gasteiger partial charge on any atom is 0.209 e. The highest BCUT2D eigenvalue weighted by molar-refractivity contribution is 9.09. The molecule has 62 valence electrons. The van der Waals surface area contributed by atoms with E-state index in [4.69, 9.17) is 5.14 Å². The van der Waals surface area contributed by atoms with Gasteiger partial charge in [-0.3, -0.25) is 0 Å². The van der Waals surface area contributed by atoms with Crippen LogP contribution in [0.25, 0.3) is 0 Å². The first-order chi connectivity index (χ1) is 4.56. The second-order valence-corrected chi connectivity index (χ2v) is 4.64. The van der Waals surface area contributed by atoms with Gasteiger partial charge in [0.05, 0.1) is 5.75 Å². The van der Waals surface area contributed by atoms with E-state index in [-0.39, 0.29) is 5.75 Å². The molecule has 2 N–H and O–H groups in total. The van der Waals surface area contributed by atoms with Crippen molar-refractivity contribution in [2.45, 2.75) is 19.3 Å². The minimum Gasteiger partial charge on any atom is -0.229 e. The Kier molecular flexibility index (Phi) is 5.29. The molecule has 0 atom stereocenters. The molecule has 0 aromatic carbocycles. The molecule has 3 nitrogen and oxygen atoms in total. The molecule has 5 heteroatoms. The largest absolute Gasteiger partial charge is 0.229 e. The van der Waals surface area contributed by atoms with Gasteiger partial charge in [0.25, 0.3) is 0 Å². The summed E-state index contributed by atoms with van der Waals surface area (Å²) in [5.74, 6) is 0.111. The Hall–Kier alpha value is 0.390. The lowest BCUT2D eigenvalue weighted by atomic mass is 10.3. The van der Waals surface area contributed by atoms with E-state index in [0.29, 0.717) is 6.42 Å². The highest BCUT2D eigenvalue weighted by Gasteiger charge is 2.00. The van der Waals surface area contributed by atoms with Crippen molar-refractivity contribution in [2.75, 3.05) is 11.1 Å². The first-order valence-electron chi connectivity index (χ1n) is 3.12. The van der Waals surface area contributed by atoms with Crippen LogP contribution in [0.2, 0.25) is 0 Å². The predicted molar refractivity (Wildman–Crippen MR) is 45.6 cm³/mol. The van der Waals surface area contributed by atoms with Crippen LogP contribution in [0.3, 0.4) is 0 Å². The quantitative estimate of drug-likeness (QED) is 0.562. The van der Waals surface area contributed by atoms with Gasteiger partial charge in [0, 0.05) is 5.33 Å². The fourth-order valence-electron chi connectivity index (χ4n) is 0.575. The summed E-state index contributed by atoms with van der Waals surface area (Å²) in [6, 6.07) is 0. The maximum atomic E-state index is 10.4. The van der Waals surface area contributed by atoms with Crippen LogP contribution in [0.4, 0.5) is 0 Å². The van der Waals surface area contributed by atoms with Crippen molar-refractivity contribution >= 4 is 26.0 Å². The molecule has 0 aliphatic rings. The van der Waals surface area contributed by atoms with Crippen LogP contribution in [-0.2, 0) is 10.0 Å². The number of unbranched alkanes of at least 4 members (excludes halogenated alkanes) is 2. The smallest absolute Gasteiger partial charge is 0.209 e. The molecular formula is C5H12BrNO2S.